The van der Waals surface area contributed by atoms with Crippen molar-refractivity contribution in [1.82, 2.24) is 20.1 Å². The largest absolute Gasteiger partial charge is 0.381 e. The number of aryl methyl sites for hydroxylation is 1. The molecule has 1 saturated heterocycles. The first-order valence-corrected chi connectivity index (χ1v) is 11.0. The van der Waals surface area contributed by atoms with Gasteiger partial charge in [0, 0.05) is 47.8 Å². The molecule has 7 nitrogen and oxygen atoms in total. The molecule has 8 heteroatoms. The van der Waals surface area contributed by atoms with Crippen molar-refractivity contribution in [3.63, 3.8) is 0 Å². The number of hydrogen-bond acceptors (Lipinski definition) is 3. The van der Waals surface area contributed by atoms with Crippen LogP contribution in [0.5, 0.6) is 0 Å². The molecule has 3 heterocycles. The molecule has 2 aromatic heterocycles. The third-order valence-electron chi connectivity index (χ3n) is 6.27. The molecule has 0 bridgehead atoms. The average Bonchev–Trinajstić information content (AvgIpc) is 3.38. The van der Waals surface area contributed by atoms with Crippen molar-refractivity contribution >= 4 is 27.8 Å². The summed E-state index contributed by atoms with van der Waals surface area (Å²) in [7, 11) is 0. The number of primary amides is 1. The van der Waals surface area contributed by atoms with Crippen molar-refractivity contribution < 1.29 is 13.9 Å². The van der Waals surface area contributed by atoms with Gasteiger partial charge in [0.15, 0.2) is 0 Å². The van der Waals surface area contributed by atoms with Crippen molar-refractivity contribution in [2.24, 2.45) is 5.73 Å². The van der Waals surface area contributed by atoms with Crippen LogP contribution in [0, 0.1) is 5.82 Å². The number of hydrogen-bond donors (Lipinski definition) is 3. The Bertz CT molecular complexity index is 1260. The van der Waals surface area contributed by atoms with Gasteiger partial charge in [-0.3, -0.25) is 5.10 Å². The van der Waals surface area contributed by atoms with Crippen molar-refractivity contribution in [3.05, 3.63) is 59.7 Å². The fourth-order valence-corrected chi connectivity index (χ4v) is 4.82. The minimum atomic E-state index is -0.512. The molecule has 32 heavy (non-hydrogen) atoms. The van der Waals surface area contributed by atoms with E-state index in [-0.39, 0.29) is 5.82 Å². The molecule has 2 aromatic carbocycles. The van der Waals surface area contributed by atoms with E-state index in [0.29, 0.717) is 12.5 Å². The monoisotopic (exact) mass is 435 g/mol. The number of benzene rings is 2. The third kappa shape index (κ3) is 3.82. The first-order chi connectivity index (χ1) is 15.6. The van der Waals surface area contributed by atoms with Crippen LogP contribution < -0.4 is 11.1 Å². The van der Waals surface area contributed by atoms with Gasteiger partial charge >= 0.3 is 6.03 Å². The summed E-state index contributed by atoms with van der Waals surface area (Å²) in [5, 5.41) is 12.1. The summed E-state index contributed by atoms with van der Waals surface area (Å²) in [6.45, 7) is 1.96. The Balaban J connectivity index is 1.71. The number of ether oxygens (including phenoxy) is 1. The Morgan fingerprint density at radius 3 is 2.78 bits per heavy atom. The molecule has 1 fully saturated rings. The molecule has 0 radical (unpaired) electrons. The normalized spacial score (nSPS) is 14.9. The standard InChI is InChI=1S/C24H26FN5O2/c25-17-3-5-18(6-4-17)30-22-12-16-14-28-29-21(16)13-20(22)19(2-1-9-27-24(26)31)23(30)15-7-10-32-11-8-15/h3-6,12-15H,1-2,7-11H2,(H,28,29)(H3,26,27,31). The summed E-state index contributed by atoms with van der Waals surface area (Å²) in [6, 6.07) is 10.4. The minimum absolute atomic E-state index is 0.257. The number of H-pyrrole nitrogens is 1. The Labute approximate surface area is 184 Å². The van der Waals surface area contributed by atoms with Gasteiger partial charge in [0.05, 0.1) is 17.2 Å². The fraction of sp³-hybridized carbons (Fsp3) is 0.333. The lowest BCUT2D eigenvalue weighted by molar-refractivity contribution is 0.0841. The highest BCUT2D eigenvalue weighted by Crippen LogP contribution is 2.40. The van der Waals surface area contributed by atoms with Crippen molar-refractivity contribution in [3.8, 4) is 5.69 Å². The lowest BCUT2D eigenvalue weighted by Gasteiger charge is -2.26. The minimum Gasteiger partial charge on any atom is -0.381 e. The summed E-state index contributed by atoms with van der Waals surface area (Å²) in [5.41, 5.74) is 10.7. The number of rotatable bonds is 6. The third-order valence-corrected chi connectivity index (χ3v) is 6.27. The van der Waals surface area contributed by atoms with Gasteiger partial charge in [-0.15, -0.1) is 0 Å². The van der Waals surface area contributed by atoms with Crippen LogP contribution in [0.25, 0.3) is 27.5 Å². The molecule has 5 rings (SSSR count). The summed E-state index contributed by atoms with van der Waals surface area (Å²) in [5.74, 6) is 0.0737. The zero-order chi connectivity index (χ0) is 22.1. The average molecular weight is 436 g/mol. The van der Waals surface area contributed by atoms with E-state index in [0.717, 1.165) is 66.4 Å². The molecule has 4 N–H and O–H groups in total. The highest BCUT2D eigenvalue weighted by Gasteiger charge is 2.27. The van der Waals surface area contributed by atoms with Crippen LogP contribution in [0.2, 0.25) is 0 Å². The fourth-order valence-electron chi connectivity index (χ4n) is 4.82. The van der Waals surface area contributed by atoms with Gasteiger partial charge in [0.2, 0.25) is 0 Å². The highest BCUT2D eigenvalue weighted by molar-refractivity contribution is 5.98. The van der Waals surface area contributed by atoms with Crippen LogP contribution in [0.15, 0.2) is 42.6 Å². The highest BCUT2D eigenvalue weighted by atomic mass is 19.1. The van der Waals surface area contributed by atoms with E-state index >= 15 is 0 Å². The Kier molecular flexibility index (Phi) is 5.53. The summed E-state index contributed by atoms with van der Waals surface area (Å²) in [6.07, 6.45) is 5.24. The Hall–Kier alpha value is -3.39. The first kappa shape index (κ1) is 20.5. The number of carbonyl (C=O) groups is 1. The van der Waals surface area contributed by atoms with E-state index in [9.17, 15) is 9.18 Å². The summed E-state index contributed by atoms with van der Waals surface area (Å²) in [4.78, 5) is 11.1. The van der Waals surface area contributed by atoms with E-state index in [1.807, 2.05) is 18.3 Å². The molecular weight excluding hydrogens is 409 g/mol. The molecule has 2 amide bonds. The molecule has 0 unspecified atom stereocenters. The smallest absolute Gasteiger partial charge is 0.312 e. The SMILES string of the molecule is NC(=O)NCCCc1c(C2CCOCC2)n(-c2ccc(F)cc2)c2cc3cn[nH]c3cc12. The molecule has 0 spiro atoms. The van der Waals surface area contributed by atoms with Gasteiger partial charge in [-0.2, -0.15) is 5.10 Å². The van der Waals surface area contributed by atoms with Gasteiger partial charge in [-0.1, -0.05) is 0 Å². The predicted octanol–water partition coefficient (Wildman–Crippen LogP) is 4.14. The molecule has 166 valence electrons. The number of aromatic amines is 1. The van der Waals surface area contributed by atoms with Crippen LogP contribution in [0.3, 0.4) is 0 Å². The number of aromatic nitrogens is 3. The van der Waals surface area contributed by atoms with Crippen LogP contribution in [-0.4, -0.2) is 40.6 Å². The number of nitrogens with two attached hydrogens (primary N) is 1. The second kappa shape index (κ2) is 8.63. The van der Waals surface area contributed by atoms with Crippen LogP contribution in [0.4, 0.5) is 9.18 Å². The number of nitrogens with zero attached hydrogens (tertiary/aromatic N) is 2. The van der Waals surface area contributed by atoms with E-state index in [4.69, 9.17) is 10.5 Å². The summed E-state index contributed by atoms with van der Waals surface area (Å²) < 4.78 is 21.6. The van der Waals surface area contributed by atoms with Gasteiger partial charge in [0.25, 0.3) is 0 Å². The first-order valence-electron chi connectivity index (χ1n) is 11.0. The molecular formula is C24H26FN5O2. The van der Waals surface area contributed by atoms with Gasteiger partial charge < -0.3 is 20.4 Å². The number of carbonyl (C=O) groups excluding carboxylic acids is 1. The number of halogens is 1. The van der Waals surface area contributed by atoms with Crippen LogP contribution >= 0.6 is 0 Å². The lowest BCUT2D eigenvalue weighted by atomic mass is 9.91. The van der Waals surface area contributed by atoms with E-state index in [2.05, 4.69) is 32.2 Å². The number of urea groups is 1. The Morgan fingerprint density at radius 1 is 1.25 bits per heavy atom. The maximum atomic E-state index is 13.7. The number of nitrogens with one attached hydrogen (secondary N) is 2. The van der Waals surface area contributed by atoms with E-state index in [1.54, 1.807) is 0 Å². The van der Waals surface area contributed by atoms with Crippen molar-refractivity contribution in [2.75, 3.05) is 19.8 Å². The van der Waals surface area contributed by atoms with Gasteiger partial charge in [0.1, 0.15) is 5.82 Å². The van der Waals surface area contributed by atoms with Gasteiger partial charge in [-0.05, 0) is 67.6 Å². The Morgan fingerprint density at radius 2 is 2.03 bits per heavy atom. The van der Waals surface area contributed by atoms with Crippen LogP contribution in [-0.2, 0) is 11.2 Å². The number of amides is 2. The van der Waals surface area contributed by atoms with Gasteiger partial charge in [-0.25, -0.2) is 9.18 Å². The maximum Gasteiger partial charge on any atom is 0.312 e. The van der Waals surface area contributed by atoms with Crippen LogP contribution in [0.1, 0.15) is 36.4 Å². The maximum absolute atomic E-state index is 13.7. The second-order valence-corrected chi connectivity index (χ2v) is 8.28. The zero-order valence-electron chi connectivity index (χ0n) is 17.7. The molecule has 0 saturated carbocycles. The van der Waals surface area contributed by atoms with Crippen molar-refractivity contribution in [2.45, 2.75) is 31.6 Å². The van der Waals surface area contributed by atoms with E-state index < -0.39 is 6.03 Å². The molecule has 1 aliphatic rings. The molecule has 4 aromatic rings. The van der Waals surface area contributed by atoms with Crippen molar-refractivity contribution in [1.29, 1.82) is 0 Å². The quantitative estimate of drug-likeness (QED) is 0.397. The van der Waals surface area contributed by atoms with E-state index in [1.165, 1.54) is 23.4 Å². The number of fused-ring (bicyclic) bond motifs is 2. The zero-order valence-corrected chi connectivity index (χ0v) is 17.7. The topological polar surface area (TPSA) is 98.0 Å². The molecule has 0 aliphatic carbocycles. The molecule has 0 atom stereocenters. The lowest BCUT2D eigenvalue weighted by Crippen LogP contribution is -2.30. The summed E-state index contributed by atoms with van der Waals surface area (Å²) >= 11 is 0. The molecule has 1 aliphatic heterocycles. The second-order valence-electron chi connectivity index (χ2n) is 8.28. The predicted molar refractivity (Wildman–Crippen MR) is 122 cm³/mol.